The topological polar surface area (TPSA) is 75.7 Å². The lowest BCUT2D eigenvalue weighted by atomic mass is 10.0. The number of carbonyl (C=O) groups excluding carboxylic acids is 1. The zero-order valence-electron chi connectivity index (χ0n) is 15.9. The number of methoxy groups -OCH3 is 1. The third kappa shape index (κ3) is 3.57. The Hall–Kier alpha value is -2.38. The van der Waals surface area contributed by atoms with E-state index >= 15 is 0 Å². The molecule has 1 amide bonds. The van der Waals surface area contributed by atoms with E-state index in [0.29, 0.717) is 22.4 Å². The number of aryl methyl sites for hydroxylation is 3. The number of amides is 1. The van der Waals surface area contributed by atoms with Gasteiger partial charge in [0.2, 0.25) is 15.9 Å². The molecule has 0 saturated carbocycles. The van der Waals surface area contributed by atoms with Crippen LogP contribution in [0.2, 0.25) is 0 Å². The number of piperazine rings is 1. The number of sulfonamides is 1. The van der Waals surface area contributed by atoms with E-state index < -0.39 is 16.1 Å². The molecule has 1 saturated heterocycles. The fourth-order valence-corrected chi connectivity index (χ4v) is 5.61. The summed E-state index contributed by atoms with van der Waals surface area (Å²) in [6.07, 6.45) is 0. The van der Waals surface area contributed by atoms with E-state index in [1.165, 1.54) is 4.31 Å². The van der Waals surface area contributed by atoms with E-state index in [0.717, 1.165) is 5.56 Å². The standard InChI is InChI=1S/C20H24N2O4S/c1-13-6-5-7-16(10-13)18-20(23)21-8-9-22(18)27(24,25)19-14(2)11-17(26-4)12-15(19)3/h5-7,10-12,18H,8-9H2,1-4H3,(H,21,23). The third-order valence-corrected chi connectivity index (χ3v) is 6.93. The summed E-state index contributed by atoms with van der Waals surface area (Å²) in [5.41, 5.74) is 2.83. The van der Waals surface area contributed by atoms with Crippen LogP contribution in [0, 0.1) is 20.8 Å². The maximum absolute atomic E-state index is 13.5. The monoisotopic (exact) mass is 388 g/mol. The van der Waals surface area contributed by atoms with Gasteiger partial charge in [0, 0.05) is 13.1 Å². The van der Waals surface area contributed by atoms with Crippen LogP contribution < -0.4 is 10.1 Å². The predicted octanol–water partition coefficient (Wildman–Crippen LogP) is 2.48. The van der Waals surface area contributed by atoms with Crippen molar-refractivity contribution in [1.82, 2.24) is 9.62 Å². The largest absolute Gasteiger partial charge is 0.497 e. The van der Waals surface area contributed by atoms with Gasteiger partial charge in [-0.1, -0.05) is 29.8 Å². The molecule has 6 nitrogen and oxygen atoms in total. The summed E-state index contributed by atoms with van der Waals surface area (Å²) in [5.74, 6) is 0.301. The van der Waals surface area contributed by atoms with E-state index in [1.54, 1.807) is 39.2 Å². The van der Waals surface area contributed by atoms with Crippen molar-refractivity contribution in [1.29, 1.82) is 0 Å². The Morgan fingerprint density at radius 2 is 1.78 bits per heavy atom. The first-order chi connectivity index (χ1) is 12.8. The molecule has 27 heavy (non-hydrogen) atoms. The normalized spacial score (nSPS) is 18.2. The molecule has 0 spiro atoms. The molecule has 0 bridgehead atoms. The molecule has 1 N–H and O–H groups in total. The number of nitrogens with zero attached hydrogens (tertiary/aromatic N) is 1. The van der Waals surface area contributed by atoms with Crippen molar-refractivity contribution in [3.05, 3.63) is 58.7 Å². The van der Waals surface area contributed by atoms with E-state index in [9.17, 15) is 13.2 Å². The van der Waals surface area contributed by atoms with Crippen LogP contribution in [0.25, 0.3) is 0 Å². The summed E-state index contributed by atoms with van der Waals surface area (Å²) in [7, 11) is -2.33. The molecule has 1 atom stereocenters. The van der Waals surface area contributed by atoms with Crippen molar-refractivity contribution in [3.63, 3.8) is 0 Å². The van der Waals surface area contributed by atoms with Crippen molar-refractivity contribution < 1.29 is 17.9 Å². The average Bonchev–Trinajstić information content (AvgIpc) is 2.60. The van der Waals surface area contributed by atoms with Gasteiger partial charge in [0.25, 0.3) is 0 Å². The number of benzene rings is 2. The number of rotatable bonds is 4. The van der Waals surface area contributed by atoms with Crippen LogP contribution in [0.1, 0.15) is 28.3 Å². The first-order valence-corrected chi connectivity index (χ1v) is 10.2. The molecule has 2 aromatic rings. The van der Waals surface area contributed by atoms with Crippen LogP contribution in [0.15, 0.2) is 41.3 Å². The van der Waals surface area contributed by atoms with E-state index in [2.05, 4.69) is 5.32 Å². The van der Waals surface area contributed by atoms with Crippen LogP contribution in [0.5, 0.6) is 5.75 Å². The number of hydrogen-bond acceptors (Lipinski definition) is 4. The first-order valence-electron chi connectivity index (χ1n) is 8.77. The first kappa shape index (κ1) is 19.4. The molecular weight excluding hydrogens is 364 g/mol. The molecule has 7 heteroatoms. The molecule has 2 aromatic carbocycles. The quantitative estimate of drug-likeness (QED) is 0.873. The lowest BCUT2D eigenvalue weighted by Gasteiger charge is -2.35. The molecule has 144 valence electrons. The van der Waals surface area contributed by atoms with Crippen LogP contribution in [0.4, 0.5) is 0 Å². The molecule has 0 aromatic heterocycles. The fraction of sp³-hybridized carbons (Fsp3) is 0.350. The fourth-order valence-electron chi connectivity index (χ4n) is 3.62. The van der Waals surface area contributed by atoms with Crippen molar-refractivity contribution >= 4 is 15.9 Å². The maximum Gasteiger partial charge on any atom is 0.244 e. The van der Waals surface area contributed by atoms with Crippen LogP contribution >= 0.6 is 0 Å². The highest BCUT2D eigenvalue weighted by atomic mass is 32.2. The van der Waals surface area contributed by atoms with E-state index in [4.69, 9.17) is 4.74 Å². The summed E-state index contributed by atoms with van der Waals surface area (Å²) in [4.78, 5) is 12.9. The summed E-state index contributed by atoms with van der Waals surface area (Å²) in [6.45, 7) is 5.91. The lowest BCUT2D eigenvalue weighted by molar-refractivity contribution is -0.126. The predicted molar refractivity (Wildman–Crippen MR) is 103 cm³/mol. The Morgan fingerprint density at radius 1 is 1.11 bits per heavy atom. The van der Waals surface area contributed by atoms with Crippen LogP contribution in [-0.4, -0.2) is 38.8 Å². The van der Waals surface area contributed by atoms with Gasteiger partial charge < -0.3 is 10.1 Å². The number of ether oxygens (including phenoxy) is 1. The molecule has 1 unspecified atom stereocenters. The Balaban J connectivity index is 2.13. The van der Waals surface area contributed by atoms with Gasteiger partial charge in [-0.15, -0.1) is 0 Å². The van der Waals surface area contributed by atoms with Gasteiger partial charge in [0.05, 0.1) is 12.0 Å². The van der Waals surface area contributed by atoms with Crippen LogP contribution in [-0.2, 0) is 14.8 Å². The van der Waals surface area contributed by atoms with Crippen molar-refractivity contribution in [2.75, 3.05) is 20.2 Å². The van der Waals surface area contributed by atoms with Gasteiger partial charge in [-0.2, -0.15) is 4.31 Å². The zero-order valence-corrected chi connectivity index (χ0v) is 16.8. The third-order valence-electron chi connectivity index (χ3n) is 4.76. The number of nitrogens with one attached hydrogen (secondary N) is 1. The molecule has 3 rings (SSSR count). The Labute approximate surface area is 160 Å². The Bertz CT molecular complexity index is 962. The van der Waals surface area contributed by atoms with E-state index in [1.807, 2.05) is 25.1 Å². The van der Waals surface area contributed by atoms with Gasteiger partial charge in [0.15, 0.2) is 0 Å². The summed E-state index contributed by atoms with van der Waals surface area (Å²) in [5, 5.41) is 2.79. The maximum atomic E-state index is 13.5. The molecule has 0 radical (unpaired) electrons. The molecule has 1 aliphatic rings. The van der Waals surface area contributed by atoms with Crippen LogP contribution in [0.3, 0.4) is 0 Å². The van der Waals surface area contributed by atoms with E-state index in [-0.39, 0.29) is 23.9 Å². The van der Waals surface area contributed by atoms with Gasteiger partial charge in [-0.05, 0) is 49.6 Å². The summed E-state index contributed by atoms with van der Waals surface area (Å²) < 4.78 is 33.6. The lowest BCUT2D eigenvalue weighted by Crippen LogP contribution is -2.52. The average molecular weight is 388 g/mol. The highest BCUT2D eigenvalue weighted by molar-refractivity contribution is 7.89. The smallest absolute Gasteiger partial charge is 0.244 e. The molecule has 1 heterocycles. The van der Waals surface area contributed by atoms with Gasteiger partial charge >= 0.3 is 0 Å². The Kier molecular flexibility index (Phi) is 5.26. The molecule has 1 aliphatic heterocycles. The SMILES string of the molecule is COc1cc(C)c(S(=O)(=O)N2CCNC(=O)C2c2cccc(C)c2)c(C)c1. The highest BCUT2D eigenvalue weighted by Gasteiger charge is 2.40. The zero-order chi connectivity index (χ0) is 19.8. The molecular formula is C20H24N2O4S. The minimum Gasteiger partial charge on any atom is -0.497 e. The van der Waals surface area contributed by atoms with Gasteiger partial charge in [-0.25, -0.2) is 8.42 Å². The second kappa shape index (κ2) is 7.32. The van der Waals surface area contributed by atoms with Crippen molar-refractivity contribution in [2.24, 2.45) is 0 Å². The summed E-state index contributed by atoms with van der Waals surface area (Å²) in [6, 6.07) is 9.91. The minimum absolute atomic E-state index is 0.220. The van der Waals surface area contributed by atoms with Gasteiger partial charge in [0.1, 0.15) is 11.8 Å². The summed E-state index contributed by atoms with van der Waals surface area (Å²) >= 11 is 0. The van der Waals surface area contributed by atoms with Crippen molar-refractivity contribution in [2.45, 2.75) is 31.7 Å². The van der Waals surface area contributed by atoms with Gasteiger partial charge in [-0.3, -0.25) is 4.79 Å². The second-order valence-corrected chi connectivity index (χ2v) is 8.64. The highest BCUT2D eigenvalue weighted by Crippen LogP contribution is 2.34. The second-order valence-electron chi connectivity index (χ2n) is 6.81. The molecule has 0 aliphatic carbocycles. The van der Waals surface area contributed by atoms with Crippen molar-refractivity contribution in [3.8, 4) is 5.75 Å². The Morgan fingerprint density at radius 3 is 2.37 bits per heavy atom. The number of carbonyl (C=O) groups is 1. The molecule has 1 fully saturated rings. The minimum atomic E-state index is -3.87. The number of hydrogen-bond donors (Lipinski definition) is 1.